The molecule has 208 valence electrons. The van der Waals surface area contributed by atoms with Gasteiger partial charge in [-0.05, 0) is 104 Å². The molecule has 4 aromatic rings. The van der Waals surface area contributed by atoms with Crippen LogP contribution in [-0.2, 0) is 4.79 Å². The third kappa shape index (κ3) is 6.36. The Morgan fingerprint density at radius 1 is 0.976 bits per heavy atom. The van der Waals surface area contributed by atoms with Gasteiger partial charge in [-0.3, -0.25) is 24.6 Å². The summed E-state index contributed by atoms with van der Waals surface area (Å²) in [6.07, 6.45) is 1.74. The highest BCUT2D eigenvalue weighted by Gasteiger charge is 2.35. The van der Waals surface area contributed by atoms with Gasteiger partial charge < -0.3 is 9.30 Å². The van der Waals surface area contributed by atoms with Crippen molar-refractivity contribution < 1.29 is 23.6 Å². The van der Waals surface area contributed by atoms with Crippen LogP contribution in [0.3, 0.4) is 0 Å². The quantitative estimate of drug-likeness (QED) is 0.114. The summed E-state index contributed by atoms with van der Waals surface area (Å²) in [6, 6.07) is 21.9. The minimum atomic E-state index is -0.419. The largest absolute Gasteiger partial charge is 0.492 e. The molecule has 0 bridgehead atoms. The Morgan fingerprint density at radius 2 is 1.61 bits per heavy atom. The zero-order valence-electron chi connectivity index (χ0n) is 22.1. The number of aryl methyl sites for hydroxylation is 1. The zero-order chi connectivity index (χ0) is 29.1. The lowest BCUT2D eigenvalue weighted by Crippen LogP contribution is -2.32. The highest BCUT2D eigenvalue weighted by Crippen LogP contribution is 2.34. The molecule has 0 saturated carbocycles. The van der Waals surface area contributed by atoms with E-state index in [9.17, 15) is 24.1 Å². The van der Waals surface area contributed by atoms with Gasteiger partial charge in [0.05, 0.1) is 16.4 Å². The van der Waals surface area contributed by atoms with Gasteiger partial charge in [-0.2, -0.15) is 0 Å². The van der Waals surface area contributed by atoms with E-state index >= 15 is 0 Å². The van der Waals surface area contributed by atoms with E-state index in [0.29, 0.717) is 10.7 Å². The first-order chi connectivity index (χ1) is 19.7. The smallest absolute Gasteiger partial charge is 0.293 e. The van der Waals surface area contributed by atoms with Crippen LogP contribution in [0.15, 0.2) is 93.6 Å². The number of carbonyl (C=O) groups is 2. The molecule has 1 aliphatic heterocycles. The molecule has 5 rings (SSSR count). The number of nitro benzene ring substituents is 1. The SMILES string of the molecule is Cc1cc(/C=C2\SC(=O)N(CCOc3ccc(F)cc3)C2=O)c(C)n1-c1ccc(Sc2ccc([N+](=O)[O-])cc2)cc1. The van der Waals surface area contributed by atoms with E-state index in [1.165, 1.54) is 48.2 Å². The molecule has 1 saturated heterocycles. The molecule has 1 fully saturated rings. The standard InChI is InChI=1S/C30H24FN3O5S2/c1-19-17-21(18-28-29(35)32(30(36)41-28)15-16-39-25-9-3-22(31)4-10-25)20(2)33(19)23-5-11-26(12-6-23)40-27-13-7-24(8-14-27)34(37)38/h3-14,17-18H,15-16H2,1-2H3/b28-18-. The summed E-state index contributed by atoms with van der Waals surface area (Å²) in [5.41, 5.74) is 3.72. The zero-order valence-corrected chi connectivity index (χ0v) is 23.7. The molecule has 3 aromatic carbocycles. The number of thioether (sulfide) groups is 1. The summed E-state index contributed by atoms with van der Waals surface area (Å²) in [7, 11) is 0. The Hall–Kier alpha value is -4.35. The monoisotopic (exact) mass is 589 g/mol. The van der Waals surface area contributed by atoms with Crippen molar-refractivity contribution in [1.29, 1.82) is 0 Å². The summed E-state index contributed by atoms with van der Waals surface area (Å²) in [4.78, 5) is 39.4. The van der Waals surface area contributed by atoms with Crippen molar-refractivity contribution in [1.82, 2.24) is 9.47 Å². The van der Waals surface area contributed by atoms with Crippen LogP contribution in [0.4, 0.5) is 14.9 Å². The molecule has 0 atom stereocenters. The summed E-state index contributed by atoms with van der Waals surface area (Å²) in [6.45, 7) is 4.12. The molecule has 41 heavy (non-hydrogen) atoms. The fourth-order valence-electron chi connectivity index (χ4n) is 4.39. The molecule has 0 aliphatic carbocycles. The number of nitrogens with zero attached hydrogens (tertiary/aromatic N) is 3. The number of hydrogen-bond donors (Lipinski definition) is 0. The first kappa shape index (κ1) is 28.2. The van der Waals surface area contributed by atoms with Crippen molar-refractivity contribution in [2.24, 2.45) is 0 Å². The average molecular weight is 590 g/mol. The predicted molar refractivity (Wildman–Crippen MR) is 157 cm³/mol. The molecule has 0 radical (unpaired) electrons. The number of carbonyl (C=O) groups excluding carboxylic acids is 2. The molecule has 1 aliphatic rings. The van der Waals surface area contributed by atoms with Crippen LogP contribution in [0.2, 0.25) is 0 Å². The molecule has 2 heterocycles. The van der Waals surface area contributed by atoms with Gasteiger partial charge in [-0.1, -0.05) is 11.8 Å². The molecule has 0 unspecified atom stereocenters. The van der Waals surface area contributed by atoms with Gasteiger partial charge in [0.15, 0.2) is 0 Å². The van der Waals surface area contributed by atoms with Gasteiger partial charge in [0.25, 0.3) is 16.8 Å². The highest BCUT2D eigenvalue weighted by atomic mass is 32.2. The van der Waals surface area contributed by atoms with E-state index in [1.54, 1.807) is 18.2 Å². The average Bonchev–Trinajstić information content (AvgIpc) is 3.38. The molecule has 2 amide bonds. The Balaban J connectivity index is 1.26. The summed E-state index contributed by atoms with van der Waals surface area (Å²) < 4.78 is 20.7. The number of benzene rings is 3. The fraction of sp³-hybridized carbons (Fsp3) is 0.133. The normalized spacial score (nSPS) is 14.2. The molecule has 11 heteroatoms. The van der Waals surface area contributed by atoms with Crippen molar-refractivity contribution in [3.63, 3.8) is 0 Å². The minimum Gasteiger partial charge on any atom is -0.492 e. The van der Waals surface area contributed by atoms with E-state index < -0.39 is 4.92 Å². The van der Waals surface area contributed by atoms with Gasteiger partial charge in [0.1, 0.15) is 18.2 Å². The number of rotatable bonds is 9. The van der Waals surface area contributed by atoms with Crippen molar-refractivity contribution in [2.75, 3.05) is 13.2 Å². The highest BCUT2D eigenvalue weighted by molar-refractivity contribution is 8.18. The van der Waals surface area contributed by atoms with Crippen LogP contribution >= 0.6 is 23.5 Å². The van der Waals surface area contributed by atoms with Crippen molar-refractivity contribution >= 4 is 46.4 Å². The van der Waals surface area contributed by atoms with E-state index in [1.807, 2.05) is 44.2 Å². The third-order valence-electron chi connectivity index (χ3n) is 6.41. The Kier molecular flexibility index (Phi) is 8.27. The van der Waals surface area contributed by atoms with Crippen LogP contribution in [0.1, 0.15) is 17.0 Å². The summed E-state index contributed by atoms with van der Waals surface area (Å²) >= 11 is 2.40. The Bertz CT molecular complexity index is 1650. The van der Waals surface area contributed by atoms with Crippen molar-refractivity contribution in [3.8, 4) is 11.4 Å². The maximum atomic E-state index is 13.1. The van der Waals surface area contributed by atoms with Crippen LogP contribution in [0.25, 0.3) is 11.8 Å². The molecular weight excluding hydrogens is 565 g/mol. The fourth-order valence-corrected chi connectivity index (χ4v) is 6.06. The second-order valence-corrected chi connectivity index (χ2v) is 11.3. The lowest BCUT2D eigenvalue weighted by molar-refractivity contribution is -0.384. The van der Waals surface area contributed by atoms with E-state index in [0.717, 1.165) is 49.1 Å². The molecule has 1 aromatic heterocycles. The number of nitro groups is 1. The second-order valence-electron chi connectivity index (χ2n) is 9.14. The first-order valence-electron chi connectivity index (χ1n) is 12.5. The molecule has 0 spiro atoms. The predicted octanol–water partition coefficient (Wildman–Crippen LogP) is 7.41. The minimum absolute atomic E-state index is 0.0553. The Morgan fingerprint density at radius 3 is 2.24 bits per heavy atom. The van der Waals surface area contributed by atoms with Gasteiger partial charge in [-0.15, -0.1) is 0 Å². The van der Waals surface area contributed by atoms with Crippen LogP contribution < -0.4 is 4.74 Å². The van der Waals surface area contributed by atoms with Crippen molar-refractivity contribution in [2.45, 2.75) is 23.6 Å². The van der Waals surface area contributed by atoms with Crippen molar-refractivity contribution in [3.05, 3.63) is 117 Å². The number of imide groups is 1. The van der Waals surface area contributed by atoms with Gasteiger partial charge in [0, 0.05) is 39.0 Å². The first-order valence-corrected chi connectivity index (χ1v) is 14.2. The van der Waals surface area contributed by atoms with Gasteiger partial charge in [0.2, 0.25) is 0 Å². The lowest BCUT2D eigenvalue weighted by Gasteiger charge is -2.13. The van der Waals surface area contributed by atoms with Crippen LogP contribution in [0.5, 0.6) is 5.75 Å². The summed E-state index contributed by atoms with van der Waals surface area (Å²) in [5, 5.41) is 10.5. The maximum Gasteiger partial charge on any atom is 0.293 e. The number of ether oxygens (including phenoxy) is 1. The number of halogens is 1. The molecule has 0 N–H and O–H groups in total. The second kappa shape index (κ2) is 12.0. The van der Waals surface area contributed by atoms with E-state index in [2.05, 4.69) is 4.57 Å². The van der Waals surface area contributed by atoms with Gasteiger partial charge in [-0.25, -0.2) is 4.39 Å². The molecular formula is C30H24FN3O5S2. The number of hydrogen-bond acceptors (Lipinski definition) is 7. The summed E-state index contributed by atoms with van der Waals surface area (Å²) in [5.74, 6) is -0.289. The Labute approximate surface area is 244 Å². The van der Waals surface area contributed by atoms with Crippen LogP contribution in [-0.4, -0.2) is 38.7 Å². The number of amides is 2. The third-order valence-corrected chi connectivity index (χ3v) is 8.33. The van der Waals surface area contributed by atoms with E-state index in [-0.39, 0.29) is 35.8 Å². The van der Waals surface area contributed by atoms with Crippen LogP contribution in [0, 0.1) is 29.8 Å². The maximum absolute atomic E-state index is 13.1. The topological polar surface area (TPSA) is 94.7 Å². The number of aromatic nitrogens is 1. The van der Waals surface area contributed by atoms with E-state index in [4.69, 9.17) is 4.74 Å². The van der Waals surface area contributed by atoms with Gasteiger partial charge >= 0.3 is 0 Å². The molecule has 8 nitrogen and oxygen atoms in total. The number of non-ortho nitro benzene ring substituents is 1. The lowest BCUT2D eigenvalue weighted by atomic mass is 10.2.